The topological polar surface area (TPSA) is 20.3 Å². The summed E-state index contributed by atoms with van der Waals surface area (Å²) in [5, 5.41) is 0. The molecule has 1 saturated carbocycles. The predicted molar refractivity (Wildman–Crippen MR) is 63.8 cm³/mol. The van der Waals surface area contributed by atoms with Crippen LogP contribution in [0.25, 0.3) is 0 Å². The molecule has 0 aromatic carbocycles. The van der Waals surface area contributed by atoms with Gasteiger partial charge in [0.1, 0.15) is 0 Å². The Morgan fingerprint density at radius 1 is 1.36 bits per heavy atom. The second-order valence-electron chi connectivity index (χ2n) is 4.06. The van der Waals surface area contributed by atoms with Crippen molar-refractivity contribution in [1.82, 2.24) is 4.90 Å². The van der Waals surface area contributed by atoms with E-state index in [1.807, 2.05) is 11.8 Å². The Morgan fingerprint density at radius 3 is 2.71 bits per heavy atom. The van der Waals surface area contributed by atoms with Crippen LogP contribution in [0.4, 0.5) is 0 Å². The standard InChI is InChI=1S/C10H17NOS2/c12-9-8-14-10(11(9)6-7-13)4-2-1-3-5-10/h13H,1-8H2. The van der Waals surface area contributed by atoms with Gasteiger partial charge in [-0.3, -0.25) is 4.79 Å². The number of rotatable bonds is 2. The Hall–Kier alpha value is 0.170. The number of hydrogen-bond donors (Lipinski definition) is 1. The molecule has 2 aliphatic rings. The Labute approximate surface area is 95.2 Å². The van der Waals surface area contributed by atoms with Crippen LogP contribution >= 0.6 is 24.4 Å². The summed E-state index contributed by atoms with van der Waals surface area (Å²) in [6.45, 7) is 0.828. The van der Waals surface area contributed by atoms with Crippen LogP contribution in [-0.4, -0.2) is 33.7 Å². The molecular formula is C10H17NOS2. The predicted octanol–water partition coefficient (Wildman–Crippen LogP) is 2.15. The summed E-state index contributed by atoms with van der Waals surface area (Å²) < 4.78 is 0. The van der Waals surface area contributed by atoms with Gasteiger partial charge in [0.25, 0.3) is 0 Å². The minimum atomic E-state index is 0.165. The van der Waals surface area contributed by atoms with Crippen LogP contribution in [0.5, 0.6) is 0 Å². The summed E-state index contributed by atoms with van der Waals surface area (Å²) >= 11 is 6.10. The van der Waals surface area contributed by atoms with Crippen molar-refractivity contribution < 1.29 is 4.79 Å². The fourth-order valence-electron chi connectivity index (χ4n) is 2.53. The van der Waals surface area contributed by atoms with E-state index in [2.05, 4.69) is 17.5 Å². The molecule has 2 nitrogen and oxygen atoms in total. The molecule has 1 spiro atoms. The van der Waals surface area contributed by atoms with Crippen LogP contribution < -0.4 is 0 Å². The summed E-state index contributed by atoms with van der Waals surface area (Å²) in [6, 6.07) is 0. The molecule has 1 amide bonds. The molecular weight excluding hydrogens is 214 g/mol. The highest BCUT2D eigenvalue weighted by atomic mass is 32.2. The second-order valence-corrected chi connectivity index (χ2v) is 5.85. The second kappa shape index (κ2) is 4.35. The van der Waals surface area contributed by atoms with Crippen LogP contribution in [0.15, 0.2) is 0 Å². The van der Waals surface area contributed by atoms with Crippen molar-refractivity contribution in [2.75, 3.05) is 18.1 Å². The number of hydrogen-bond acceptors (Lipinski definition) is 3. The first-order valence-electron chi connectivity index (χ1n) is 5.34. The van der Waals surface area contributed by atoms with Gasteiger partial charge in [0, 0.05) is 12.3 Å². The molecule has 0 aromatic heterocycles. The number of amides is 1. The first-order valence-corrected chi connectivity index (χ1v) is 6.96. The molecule has 2 rings (SSSR count). The maximum Gasteiger partial charge on any atom is 0.233 e. The van der Waals surface area contributed by atoms with Crippen molar-refractivity contribution in [3.8, 4) is 0 Å². The van der Waals surface area contributed by atoms with E-state index in [9.17, 15) is 4.79 Å². The zero-order valence-corrected chi connectivity index (χ0v) is 10.1. The fourth-order valence-corrected chi connectivity index (χ4v) is 4.20. The monoisotopic (exact) mass is 231 g/mol. The summed E-state index contributed by atoms with van der Waals surface area (Å²) in [5.74, 6) is 1.80. The van der Waals surface area contributed by atoms with E-state index >= 15 is 0 Å². The van der Waals surface area contributed by atoms with Gasteiger partial charge in [0.15, 0.2) is 0 Å². The van der Waals surface area contributed by atoms with Crippen LogP contribution in [0.2, 0.25) is 0 Å². The van der Waals surface area contributed by atoms with Crippen molar-refractivity contribution in [3.63, 3.8) is 0 Å². The summed E-state index contributed by atoms with van der Waals surface area (Å²) in [4.78, 5) is 14.0. The minimum Gasteiger partial charge on any atom is -0.326 e. The Bertz CT molecular complexity index is 226. The molecule has 0 bridgehead atoms. The number of carbonyl (C=O) groups is 1. The third kappa shape index (κ3) is 1.78. The lowest BCUT2D eigenvalue weighted by molar-refractivity contribution is -0.130. The smallest absolute Gasteiger partial charge is 0.233 e. The summed E-state index contributed by atoms with van der Waals surface area (Å²) in [6.07, 6.45) is 6.28. The molecule has 4 heteroatoms. The van der Waals surface area contributed by atoms with E-state index in [0.717, 1.165) is 12.3 Å². The molecule has 80 valence electrons. The fraction of sp³-hybridized carbons (Fsp3) is 0.900. The minimum absolute atomic E-state index is 0.165. The van der Waals surface area contributed by atoms with Gasteiger partial charge in [-0.05, 0) is 12.8 Å². The van der Waals surface area contributed by atoms with Crippen LogP contribution in [-0.2, 0) is 4.79 Å². The van der Waals surface area contributed by atoms with Crippen molar-refractivity contribution in [2.45, 2.75) is 37.0 Å². The first kappa shape index (κ1) is 10.7. The number of nitrogens with zero attached hydrogens (tertiary/aromatic N) is 1. The third-order valence-electron chi connectivity index (χ3n) is 3.22. The molecule has 1 heterocycles. The van der Waals surface area contributed by atoms with E-state index in [1.165, 1.54) is 32.1 Å². The van der Waals surface area contributed by atoms with Gasteiger partial charge in [0.2, 0.25) is 5.91 Å². The molecule has 1 aliphatic heterocycles. The molecule has 0 unspecified atom stereocenters. The van der Waals surface area contributed by atoms with Crippen LogP contribution in [0.1, 0.15) is 32.1 Å². The van der Waals surface area contributed by atoms with Crippen LogP contribution in [0.3, 0.4) is 0 Å². The quantitative estimate of drug-likeness (QED) is 0.735. The molecule has 0 radical (unpaired) electrons. The maximum absolute atomic E-state index is 11.7. The van der Waals surface area contributed by atoms with E-state index in [1.54, 1.807) is 0 Å². The van der Waals surface area contributed by atoms with Gasteiger partial charge in [-0.15, -0.1) is 11.8 Å². The highest BCUT2D eigenvalue weighted by Crippen LogP contribution is 2.46. The van der Waals surface area contributed by atoms with Gasteiger partial charge >= 0.3 is 0 Å². The lowest BCUT2D eigenvalue weighted by atomic mass is 9.93. The Kier molecular flexibility index (Phi) is 3.32. The number of thiol groups is 1. The Balaban J connectivity index is 2.11. The zero-order chi connectivity index (χ0) is 10.0. The normalized spacial score (nSPS) is 26.1. The largest absolute Gasteiger partial charge is 0.326 e. The first-order chi connectivity index (χ1) is 6.78. The lowest BCUT2D eigenvalue weighted by Crippen LogP contribution is -2.46. The molecule has 14 heavy (non-hydrogen) atoms. The molecule has 1 aliphatic carbocycles. The summed E-state index contributed by atoms with van der Waals surface area (Å²) in [5.41, 5.74) is 0. The molecule has 0 atom stereocenters. The molecule has 2 fully saturated rings. The van der Waals surface area contributed by atoms with Crippen molar-refractivity contribution in [1.29, 1.82) is 0 Å². The SMILES string of the molecule is O=C1CSC2(CCCCC2)N1CCS. The zero-order valence-electron chi connectivity index (χ0n) is 8.37. The Morgan fingerprint density at radius 2 is 2.07 bits per heavy atom. The maximum atomic E-state index is 11.7. The van der Waals surface area contributed by atoms with E-state index in [-0.39, 0.29) is 4.87 Å². The average molecular weight is 231 g/mol. The molecule has 0 aromatic rings. The molecule has 1 saturated heterocycles. The van der Waals surface area contributed by atoms with E-state index in [0.29, 0.717) is 11.7 Å². The van der Waals surface area contributed by atoms with Gasteiger partial charge in [-0.1, -0.05) is 19.3 Å². The summed E-state index contributed by atoms with van der Waals surface area (Å²) in [7, 11) is 0. The van der Waals surface area contributed by atoms with Gasteiger partial charge in [-0.25, -0.2) is 0 Å². The van der Waals surface area contributed by atoms with Crippen molar-refractivity contribution in [3.05, 3.63) is 0 Å². The molecule has 0 N–H and O–H groups in total. The number of thioether (sulfide) groups is 1. The third-order valence-corrected chi connectivity index (χ3v) is 4.97. The highest BCUT2D eigenvalue weighted by molar-refractivity contribution is 8.01. The highest BCUT2D eigenvalue weighted by Gasteiger charge is 2.45. The van der Waals surface area contributed by atoms with E-state index in [4.69, 9.17) is 0 Å². The van der Waals surface area contributed by atoms with Crippen molar-refractivity contribution >= 4 is 30.3 Å². The van der Waals surface area contributed by atoms with E-state index < -0.39 is 0 Å². The number of carbonyl (C=O) groups excluding carboxylic acids is 1. The average Bonchev–Trinajstić information content (AvgIpc) is 2.49. The van der Waals surface area contributed by atoms with Gasteiger partial charge < -0.3 is 4.90 Å². The van der Waals surface area contributed by atoms with Crippen molar-refractivity contribution in [2.24, 2.45) is 0 Å². The van der Waals surface area contributed by atoms with Gasteiger partial charge in [0.05, 0.1) is 10.6 Å². The van der Waals surface area contributed by atoms with Gasteiger partial charge in [-0.2, -0.15) is 12.6 Å². The lowest BCUT2D eigenvalue weighted by Gasteiger charge is -2.40. The van der Waals surface area contributed by atoms with Crippen LogP contribution in [0, 0.1) is 0 Å².